The molecule has 2 unspecified atom stereocenters. The molecule has 5 heteroatoms. The van der Waals surface area contributed by atoms with Gasteiger partial charge in [0.15, 0.2) is 17.3 Å². The molecule has 88 valence electrons. The van der Waals surface area contributed by atoms with Gasteiger partial charge < -0.3 is 18.9 Å². The summed E-state index contributed by atoms with van der Waals surface area (Å²) in [6.07, 6.45) is -0.105. The monoisotopic (exact) mass is 242 g/mol. The number of thiophene rings is 1. The molecule has 4 nitrogen and oxygen atoms in total. The maximum absolute atomic E-state index is 5.76. The lowest BCUT2D eigenvalue weighted by Crippen LogP contribution is -2.35. The lowest BCUT2D eigenvalue weighted by atomic mass is 10.2. The van der Waals surface area contributed by atoms with E-state index in [0.717, 1.165) is 11.5 Å². The van der Waals surface area contributed by atoms with E-state index < -0.39 is 5.79 Å². The molecule has 1 aromatic heterocycles. The van der Waals surface area contributed by atoms with Crippen LogP contribution in [0, 0.1) is 0 Å². The molecular weight excluding hydrogens is 228 g/mol. The molecule has 0 saturated carbocycles. The molecule has 1 aromatic rings. The highest BCUT2D eigenvalue weighted by Gasteiger charge is 2.43. The Hall–Kier alpha value is -0.780. The molecule has 2 aliphatic rings. The Morgan fingerprint density at radius 3 is 2.06 bits per heavy atom. The molecule has 0 radical (unpaired) electrons. The average molecular weight is 242 g/mol. The Kier molecular flexibility index (Phi) is 2.34. The highest BCUT2D eigenvalue weighted by Crippen LogP contribution is 2.36. The van der Waals surface area contributed by atoms with E-state index in [1.54, 1.807) is 11.3 Å². The van der Waals surface area contributed by atoms with Crippen molar-refractivity contribution in [3.05, 3.63) is 10.8 Å². The first kappa shape index (κ1) is 10.4. The van der Waals surface area contributed by atoms with Gasteiger partial charge in [-0.25, -0.2) is 0 Å². The summed E-state index contributed by atoms with van der Waals surface area (Å²) in [6, 6.07) is 0. The Bertz CT molecular complexity index is 355. The van der Waals surface area contributed by atoms with Crippen LogP contribution >= 0.6 is 11.3 Å². The van der Waals surface area contributed by atoms with E-state index in [2.05, 4.69) is 0 Å². The van der Waals surface area contributed by atoms with Crippen molar-refractivity contribution in [1.82, 2.24) is 0 Å². The summed E-state index contributed by atoms with van der Waals surface area (Å²) in [7, 11) is 0. The predicted molar refractivity (Wildman–Crippen MR) is 59.1 cm³/mol. The zero-order chi connectivity index (χ0) is 11.2. The molecule has 1 saturated heterocycles. The fourth-order valence-corrected chi connectivity index (χ4v) is 2.70. The van der Waals surface area contributed by atoms with Gasteiger partial charge in [0.2, 0.25) is 0 Å². The molecule has 0 aliphatic carbocycles. The van der Waals surface area contributed by atoms with Crippen LogP contribution in [0.3, 0.4) is 0 Å². The fraction of sp³-hybridized carbons (Fsp3) is 0.636. The lowest BCUT2D eigenvalue weighted by Gasteiger charge is -2.21. The number of ether oxygens (including phenoxy) is 4. The van der Waals surface area contributed by atoms with Crippen molar-refractivity contribution in [2.24, 2.45) is 0 Å². The van der Waals surface area contributed by atoms with Crippen LogP contribution in [0.15, 0.2) is 10.8 Å². The number of hydrogen-bond acceptors (Lipinski definition) is 5. The van der Waals surface area contributed by atoms with Crippen molar-refractivity contribution in [2.75, 3.05) is 13.2 Å². The second-order valence-electron chi connectivity index (χ2n) is 4.43. The molecule has 3 rings (SSSR count). The molecule has 0 spiro atoms. The topological polar surface area (TPSA) is 36.9 Å². The number of hydrogen-bond donors (Lipinski definition) is 0. The third-order valence-electron chi connectivity index (χ3n) is 2.68. The van der Waals surface area contributed by atoms with E-state index in [1.165, 1.54) is 0 Å². The molecule has 0 N–H and O–H groups in total. The van der Waals surface area contributed by atoms with Gasteiger partial charge in [-0.1, -0.05) is 0 Å². The van der Waals surface area contributed by atoms with Gasteiger partial charge in [-0.2, -0.15) is 0 Å². The summed E-state index contributed by atoms with van der Waals surface area (Å²) in [6.45, 7) is 4.85. The molecule has 1 fully saturated rings. The normalized spacial score (nSPS) is 31.6. The molecule has 2 atom stereocenters. The van der Waals surface area contributed by atoms with Gasteiger partial charge in [0, 0.05) is 10.8 Å². The number of fused-ring (bicyclic) bond motifs is 2. The number of rotatable bonds is 0. The van der Waals surface area contributed by atoms with Crippen LogP contribution in [0.5, 0.6) is 11.5 Å². The molecular formula is C11H14O4S. The Morgan fingerprint density at radius 2 is 1.56 bits per heavy atom. The quantitative estimate of drug-likeness (QED) is 0.697. The summed E-state index contributed by atoms with van der Waals surface area (Å²) < 4.78 is 22.8. The summed E-state index contributed by atoms with van der Waals surface area (Å²) >= 11 is 1.57. The molecule has 0 amide bonds. The standard InChI is InChI=1S/C11H14O4S/c1-11(2)14-7-3-12-9-5-16-6-10(9)13-4-8(7)15-11/h5-8H,3-4H2,1-2H3. The lowest BCUT2D eigenvalue weighted by molar-refractivity contribution is -0.149. The predicted octanol–water partition coefficient (Wildman–Crippen LogP) is 2.04. The molecule has 16 heavy (non-hydrogen) atoms. The average Bonchev–Trinajstić information content (AvgIpc) is 2.73. The van der Waals surface area contributed by atoms with Crippen LogP contribution in [0.1, 0.15) is 13.8 Å². The smallest absolute Gasteiger partial charge is 0.172 e. The van der Waals surface area contributed by atoms with Gasteiger partial charge in [0.1, 0.15) is 25.4 Å². The first-order valence-corrected chi connectivity index (χ1v) is 6.26. The minimum atomic E-state index is -0.543. The van der Waals surface area contributed by atoms with Crippen molar-refractivity contribution in [1.29, 1.82) is 0 Å². The van der Waals surface area contributed by atoms with Crippen LogP contribution in [0.2, 0.25) is 0 Å². The summed E-state index contributed by atoms with van der Waals surface area (Å²) in [5.74, 6) is 1.06. The largest absolute Gasteiger partial charge is 0.486 e. The maximum atomic E-state index is 5.76. The SMILES string of the molecule is CC1(C)OC2COc3cscc3OCC2O1. The maximum Gasteiger partial charge on any atom is 0.172 e. The Labute approximate surface area is 98.1 Å². The Morgan fingerprint density at radius 1 is 1.06 bits per heavy atom. The van der Waals surface area contributed by atoms with E-state index in [0.29, 0.717) is 13.2 Å². The van der Waals surface area contributed by atoms with Crippen LogP contribution in [-0.4, -0.2) is 31.2 Å². The van der Waals surface area contributed by atoms with E-state index in [1.807, 2.05) is 24.6 Å². The first-order valence-electron chi connectivity index (χ1n) is 5.31. The Balaban J connectivity index is 1.79. The van der Waals surface area contributed by atoms with E-state index >= 15 is 0 Å². The van der Waals surface area contributed by atoms with Crippen molar-refractivity contribution >= 4 is 11.3 Å². The minimum absolute atomic E-state index is 0.0527. The summed E-state index contributed by atoms with van der Waals surface area (Å²) in [4.78, 5) is 0. The van der Waals surface area contributed by atoms with E-state index in [9.17, 15) is 0 Å². The van der Waals surface area contributed by atoms with Gasteiger partial charge in [-0.3, -0.25) is 0 Å². The van der Waals surface area contributed by atoms with E-state index in [4.69, 9.17) is 18.9 Å². The highest BCUT2D eigenvalue weighted by atomic mass is 32.1. The van der Waals surface area contributed by atoms with Gasteiger partial charge in [-0.05, 0) is 13.8 Å². The van der Waals surface area contributed by atoms with Crippen molar-refractivity contribution < 1.29 is 18.9 Å². The zero-order valence-electron chi connectivity index (χ0n) is 9.26. The molecule has 3 heterocycles. The van der Waals surface area contributed by atoms with Crippen molar-refractivity contribution in [3.63, 3.8) is 0 Å². The highest BCUT2D eigenvalue weighted by molar-refractivity contribution is 7.08. The zero-order valence-corrected chi connectivity index (χ0v) is 10.1. The van der Waals surface area contributed by atoms with Gasteiger partial charge in [-0.15, -0.1) is 11.3 Å². The fourth-order valence-electron chi connectivity index (χ4n) is 2.02. The molecule has 0 aromatic carbocycles. The van der Waals surface area contributed by atoms with Crippen molar-refractivity contribution in [2.45, 2.75) is 31.8 Å². The van der Waals surface area contributed by atoms with E-state index in [-0.39, 0.29) is 12.2 Å². The molecule has 2 aliphatic heterocycles. The second kappa shape index (κ2) is 3.61. The third-order valence-corrected chi connectivity index (χ3v) is 3.38. The minimum Gasteiger partial charge on any atom is -0.486 e. The van der Waals surface area contributed by atoms with Crippen LogP contribution in [0.4, 0.5) is 0 Å². The second-order valence-corrected chi connectivity index (χ2v) is 5.18. The van der Waals surface area contributed by atoms with Gasteiger partial charge in [0.25, 0.3) is 0 Å². The van der Waals surface area contributed by atoms with Crippen LogP contribution < -0.4 is 9.47 Å². The van der Waals surface area contributed by atoms with Gasteiger partial charge >= 0.3 is 0 Å². The summed E-state index contributed by atoms with van der Waals surface area (Å²) in [5.41, 5.74) is 0. The summed E-state index contributed by atoms with van der Waals surface area (Å²) in [5, 5.41) is 3.88. The molecule has 0 bridgehead atoms. The van der Waals surface area contributed by atoms with Gasteiger partial charge in [0.05, 0.1) is 0 Å². The third kappa shape index (κ3) is 1.79. The van der Waals surface area contributed by atoms with Crippen LogP contribution in [0.25, 0.3) is 0 Å². The first-order chi connectivity index (χ1) is 7.64. The van der Waals surface area contributed by atoms with Crippen LogP contribution in [-0.2, 0) is 9.47 Å². The van der Waals surface area contributed by atoms with Crippen molar-refractivity contribution in [3.8, 4) is 11.5 Å².